The first kappa shape index (κ1) is 20.6. The van der Waals surface area contributed by atoms with E-state index < -0.39 is 5.82 Å². The van der Waals surface area contributed by atoms with Gasteiger partial charge in [-0.15, -0.1) is 0 Å². The third-order valence-corrected chi connectivity index (χ3v) is 6.70. The highest BCUT2D eigenvalue weighted by Crippen LogP contribution is 2.29. The van der Waals surface area contributed by atoms with Gasteiger partial charge >= 0.3 is 0 Å². The molecular weight excluding hydrogens is 409 g/mol. The highest BCUT2D eigenvalue weighted by atomic mass is 19.1. The van der Waals surface area contributed by atoms with Crippen molar-refractivity contribution >= 4 is 23.0 Å². The SMILES string of the molecule is O=C(c1ccccc1F)N1CCC(C(=O)N2CCC(c3nc4ncccc4[nH]3)CC2)CC1. The van der Waals surface area contributed by atoms with E-state index >= 15 is 0 Å². The summed E-state index contributed by atoms with van der Waals surface area (Å²) in [6, 6.07) is 9.91. The smallest absolute Gasteiger partial charge is 0.256 e. The molecule has 0 atom stereocenters. The van der Waals surface area contributed by atoms with Crippen molar-refractivity contribution in [1.29, 1.82) is 0 Å². The minimum absolute atomic E-state index is 0.0772. The number of fused-ring (bicyclic) bond motifs is 1. The second-order valence-electron chi connectivity index (χ2n) is 8.64. The van der Waals surface area contributed by atoms with Crippen LogP contribution in [-0.2, 0) is 4.79 Å². The van der Waals surface area contributed by atoms with Crippen LogP contribution in [-0.4, -0.2) is 62.7 Å². The van der Waals surface area contributed by atoms with Crippen molar-refractivity contribution in [3.63, 3.8) is 0 Å². The molecule has 2 aliphatic heterocycles. The second kappa shape index (κ2) is 8.68. The van der Waals surface area contributed by atoms with Crippen LogP contribution in [0, 0.1) is 11.7 Å². The number of aromatic nitrogens is 3. The zero-order chi connectivity index (χ0) is 22.1. The molecule has 5 rings (SSSR count). The van der Waals surface area contributed by atoms with Crippen molar-refractivity contribution in [2.45, 2.75) is 31.6 Å². The lowest BCUT2D eigenvalue weighted by Crippen LogP contribution is -2.46. The molecule has 0 bridgehead atoms. The molecule has 4 heterocycles. The Kier molecular flexibility index (Phi) is 5.59. The van der Waals surface area contributed by atoms with Crippen molar-refractivity contribution in [1.82, 2.24) is 24.8 Å². The zero-order valence-corrected chi connectivity index (χ0v) is 17.8. The van der Waals surface area contributed by atoms with E-state index in [2.05, 4.69) is 15.0 Å². The molecule has 0 unspecified atom stereocenters. The summed E-state index contributed by atoms with van der Waals surface area (Å²) in [5.74, 6) is 0.549. The second-order valence-corrected chi connectivity index (χ2v) is 8.64. The van der Waals surface area contributed by atoms with Crippen LogP contribution in [0.2, 0.25) is 0 Å². The number of aromatic amines is 1. The Balaban J connectivity index is 1.14. The molecule has 2 fully saturated rings. The minimum atomic E-state index is -0.501. The van der Waals surface area contributed by atoms with E-state index in [0.29, 0.717) is 44.9 Å². The molecular formula is C24H26FN5O2. The summed E-state index contributed by atoms with van der Waals surface area (Å²) in [6.45, 7) is 2.38. The molecule has 0 aliphatic carbocycles. The topological polar surface area (TPSA) is 82.2 Å². The number of rotatable bonds is 3. The molecule has 1 aromatic carbocycles. The first-order valence-corrected chi connectivity index (χ1v) is 11.2. The van der Waals surface area contributed by atoms with Gasteiger partial charge in [0.25, 0.3) is 5.91 Å². The Morgan fingerprint density at radius 2 is 1.66 bits per heavy atom. The first-order chi connectivity index (χ1) is 15.6. The number of nitrogens with zero attached hydrogens (tertiary/aromatic N) is 4. The van der Waals surface area contributed by atoms with E-state index in [1.54, 1.807) is 23.2 Å². The van der Waals surface area contributed by atoms with Crippen LogP contribution in [0.25, 0.3) is 11.2 Å². The molecule has 8 heteroatoms. The monoisotopic (exact) mass is 435 g/mol. The number of likely N-dealkylation sites (tertiary alicyclic amines) is 2. The van der Waals surface area contributed by atoms with Crippen LogP contribution >= 0.6 is 0 Å². The normalized spacial score (nSPS) is 18.3. The predicted molar refractivity (Wildman–Crippen MR) is 117 cm³/mol. The van der Waals surface area contributed by atoms with Crippen LogP contribution in [0.15, 0.2) is 42.6 Å². The van der Waals surface area contributed by atoms with Crippen molar-refractivity contribution in [3.8, 4) is 0 Å². The van der Waals surface area contributed by atoms with Crippen LogP contribution in [0.4, 0.5) is 4.39 Å². The number of pyridine rings is 1. The van der Waals surface area contributed by atoms with Gasteiger partial charge in [-0.3, -0.25) is 9.59 Å². The Hall–Kier alpha value is -3.29. The zero-order valence-electron chi connectivity index (χ0n) is 17.8. The maximum atomic E-state index is 13.9. The predicted octanol–water partition coefficient (Wildman–Crippen LogP) is 3.36. The van der Waals surface area contributed by atoms with Gasteiger partial charge in [0.15, 0.2) is 5.65 Å². The number of carbonyl (C=O) groups is 2. The van der Waals surface area contributed by atoms with E-state index in [0.717, 1.165) is 29.8 Å². The summed E-state index contributed by atoms with van der Waals surface area (Å²) in [7, 11) is 0. The molecule has 1 N–H and O–H groups in total. The maximum Gasteiger partial charge on any atom is 0.256 e. The number of halogens is 1. The van der Waals surface area contributed by atoms with Crippen LogP contribution < -0.4 is 0 Å². The van der Waals surface area contributed by atoms with Crippen LogP contribution in [0.3, 0.4) is 0 Å². The minimum Gasteiger partial charge on any atom is -0.342 e. The van der Waals surface area contributed by atoms with Gasteiger partial charge in [-0.05, 0) is 49.9 Å². The number of hydrogen-bond acceptors (Lipinski definition) is 4. The van der Waals surface area contributed by atoms with Crippen LogP contribution in [0.1, 0.15) is 47.8 Å². The molecule has 32 heavy (non-hydrogen) atoms. The van der Waals surface area contributed by atoms with Crippen LogP contribution in [0.5, 0.6) is 0 Å². The van der Waals surface area contributed by atoms with E-state index in [4.69, 9.17) is 0 Å². The summed E-state index contributed by atoms with van der Waals surface area (Å²) in [6.07, 6.45) is 4.72. The first-order valence-electron chi connectivity index (χ1n) is 11.2. The Morgan fingerprint density at radius 3 is 2.38 bits per heavy atom. The van der Waals surface area contributed by atoms with Crippen molar-refractivity contribution in [2.75, 3.05) is 26.2 Å². The quantitative estimate of drug-likeness (QED) is 0.684. The maximum absolute atomic E-state index is 13.9. The van der Waals surface area contributed by atoms with Gasteiger partial charge < -0.3 is 14.8 Å². The summed E-state index contributed by atoms with van der Waals surface area (Å²) >= 11 is 0. The number of H-pyrrole nitrogens is 1. The summed E-state index contributed by atoms with van der Waals surface area (Å²) in [5.41, 5.74) is 1.77. The van der Waals surface area contributed by atoms with Gasteiger partial charge in [-0.1, -0.05) is 12.1 Å². The average Bonchev–Trinajstić information content (AvgIpc) is 3.28. The fourth-order valence-electron chi connectivity index (χ4n) is 4.82. The largest absolute Gasteiger partial charge is 0.342 e. The lowest BCUT2D eigenvalue weighted by Gasteiger charge is -2.37. The third kappa shape index (κ3) is 3.97. The highest BCUT2D eigenvalue weighted by molar-refractivity contribution is 5.94. The molecule has 7 nitrogen and oxygen atoms in total. The lowest BCUT2D eigenvalue weighted by atomic mass is 9.91. The lowest BCUT2D eigenvalue weighted by molar-refractivity contribution is -0.138. The number of carbonyl (C=O) groups excluding carboxylic acids is 2. The fourth-order valence-corrected chi connectivity index (χ4v) is 4.82. The highest BCUT2D eigenvalue weighted by Gasteiger charge is 2.33. The third-order valence-electron chi connectivity index (χ3n) is 6.70. The molecule has 3 aromatic rings. The molecule has 2 amide bonds. The molecule has 0 radical (unpaired) electrons. The number of nitrogens with one attached hydrogen (secondary N) is 1. The molecule has 2 aromatic heterocycles. The standard InChI is InChI=1S/C24H26FN5O2/c25-19-5-2-1-4-18(19)24(32)30-14-9-17(10-15-30)23(31)29-12-7-16(8-13-29)21-27-20-6-3-11-26-22(20)28-21/h1-6,11,16-17H,7-10,12-15H2,(H,26,27,28). The Bertz CT molecular complexity index is 1100. The number of imidazole rings is 1. The van der Waals surface area contributed by atoms with E-state index in [1.807, 2.05) is 17.0 Å². The average molecular weight is 436 g/mol. The Morgan fingerprint density at radius 1 is 0.938 bits per heavy atom. The van der Waals surface area contributed by atoms with Gasteiger partial charge in [0.05, 0.1) is 11.1 Å². The van der Waals surface area contributed by atoms with E-state index in [9.17, 15) is 14.0 Å². The molecule has 2 aliphatic rings. The molecule has 166 valence electrons. The Labute approximate surface area is 185 Å². The number of piperidine rings is 2. The van der Waals surface area contributed by atoms with Gasteiger partial charge in [-0.2, -0.15) is 0 Å². The number of hydrogen-bond donors (Lipinski definition) is 1. The van der Waals surface area contributed by atoms with E-state index in [-0.39, 0.29) is 23.3 Å². The molecule has 2 saturated heterocycles. The molecule has 0 spiro atoms. The van der Waals surface area contributed by atoms with Gasteiger partial charge in [-0.25, -0.2) is 14.4 Å². The fraction of sp³-hybridized carbons (Fsp3) is 0.417. The van der Waals surface area contributed by atoms with E-state index in [1.165, 1.54) is 12.1 Å². The summed E-state index contributed by atoms with van der Waals surface area (Å²) in [5, 5.41) is 0. The number of benzene rings is 1. The van der Waals surface area contributed by atoms with Gasteiger partial charge in [0.2, 0.25) is 5.91 Å². The van der Waals surface area contributed by atoms with Gasteiger partial charge in [0.1, 0.15) is 11.6 Å². The summed E-state index contributed by atoms with van der Waals surface area (Å²) in [4.78, 5) is 41.6. The van der Waals surface area contributed by atoms with Crippen molar-refractivity contribution in [3.05, 3.63) is 59.8 Å². The number of amides is 2. The van der Waals surface area contributed by atoms with Crippen molar-refractivity contribution < 1.29 is 14.0 Å². The summed E-state index contributed by atoms with van der Waals surface area (Å²) < 4.78 is 13.9. The van der Waals surface area contributed by atoms with Crippen molar-refractivity contribution in [2.24, 2.45) is 5.92 Å². The molecule has 0 saturated carbocycles. The van der Waals surface area contributed by atoms with Gasteiger partial charge in [0, 0.05) is 44.2 Å².